The zero-order valence-electron chi connectivity index (χ0n) is 22.5. The Labute approximate surface area is 230 Å². The van der Waals surface area contributed by atoms with Gasteiger partial charge in [-0.05, 0) is 47.4 Å². The first kappa shape index (κ1) is 26.6. The van der Waals surface area contributed by atoms with E-state index in [1.807, 2.05) is 19.1 Å². The molecule has 2 aromatic heterocycles. The third-order valence-corrected chi connectivity index (χ3v) is 6.97. The van der Waals surface area contributed by atoms with E-state index in [1.54, 1.807) is 65.8 Å². The van der Waals surface area contributed by atoms with Crippen LogP contribution in [0.5, 0.6) is 11.5 Å². The molecule has 0 aliphatic carbocycles. The highest BCUT2D eigenvalue weighted by molar-refractivity contribution is 5.70. The molecule has 0 aliphatic heterocycles. The standard InChI is InChI=1S/C31H28FN5O3/c1-4-7-28-26(14-21-11-10-20(15-27(21)32)25-9-6-5-8-22(25)17-33)30(38)36(31-34-19-35-37(28)31)18-23-12-13-24(39-2)16-29(23)40-3/h5-6,8-13,15-16,19H,4,7,14,18H2,1-3H3. The Morgan fingerprint density at radius 2 is 1.82 bits per heavy atom. The lowest BCUT2D eigenvalue weighted by atomic mass is 9.96. The summed E-state index contributed by atoms with van der Waals surface area (Å²) in [5.74, 6) is 1.16. The fourth-order valence-corrected chi connectivity index (χ4v) is 4.96. The van der Waals surface area contributed by atoms with Crippen molar-refractivity contribution in [1.29, 1.82) is 5.26 Å². The monoisotopic (exact) mass is 537 g/mol. The summed E-state index contributed by atoms with van der Waals surface area (Å²) in [7, 11) is 3.14. The fraction of sp³-hybridized carbons (Fsp3) is 0.226. The van der Waals surface area contributed by atoms with Crippen LogP contribution >= 0.6 is 0 Å². The molecule has 0 unspecified atom stereocenters. The number of hydrogen-bond acceptors (Lipinski definition) is 6. The lowest BCUT2D eigenvalue weighted by molar-refractivity contribution is 0.390. The maximum Gasteiger partial charge on any atom is 0.259 e. The Hall–Kier alpha value is -4.97. The van der Waals surface area contributed by atoms with Gasteiger partial charge in [-0.2, -0.15) is 15.3 Å². The summed E-state index contributed by atoms with van der Waals surface area (Å²) in [5.41, 5.74) is 3.75. The molecule has 5 aromatic rings. The van der Waals surface area contributed by atoms with Crippen LogP contribution in [0.1, 0.15) is 41.3 Å². The third-order valence-electron chi connectivity index (χ3n) is 6.97. The largest absolute Gasteiger partial charge is 0.497 e. The van der Waals surface area contributed by atoms with Crippen LogP contribution in [0.25, 0.3) is 16.9 Å². The normalized spacial score (nSPS) is 11.0. The van der Waals surface area contributed by atoms with Crippen molar-refractivity contribution >= 4 is 5.78 Å². The second kappa shape index (κ2) is 11.4. The Kier molecular flexibility index (Phi) is 7.60. The van der Waals surface area contributed by atoms with Gasteiger partial charge in [0.05, 0.1) is 38.1 Å². The highest BCUT2D eigenvalue weighted by atomic mass is 19.1. The van der Waals surface area contributed by atoms with Gasteiger partial charge < -0.3 is 9.47 Å². The Balaban J connectivity index is 1.61. The molecule has 9 heteroatoms. The van der Waals surface area contributed by atoms with Crippen LogP contribution in [-0.4, -0.2) is 33.4 Å². The second-order valence-electron chi connectivity index (χ2n) is 9.36. The van der Waals surface area contributed by atoms with Crippen LogP contribution in [0.3, 0.4) is 0 Å². The number of ether oxygens (including phenoxy) is 2. The van der Waals surface area contributed by atoms with Crippen molar-refractivity contribution < 1.29 is 13.9 Å². The number of halogens is 1. The van der Waals surface area contributed by atoms with Gasteiger partial charge in [0.15, 0.2) is 0 Å². The molecule has 2 heterocycles. The van der Waals surface area contributed by atoms with E-state index in [4.69, 9.17) is 9.47 Å². The van der Waals surface area contributed by atoms with Crippen LogP contribution < -0.4 is 15.0 Å². The van der Waals surface area contributed by atoms with E-state index in [9.17, 15) is 10.1 Å². The van der Waals surface area contributed by atoms with Gasteiger partial charge in [-0.3, -0.25) is 9.36 Å². The number of nitriles is 1. The predicted octanol–water partition coefficient (Wildman–Crippen LogP) is 5.18. The first-order chi connectivity index (χ1) is 19.5. The van der Waals surface area contributed by atoms with Gasteiger partial charge in [-0.1, -0.05) is 43.7 Å². The van der Waals surface area contributed by atoms with E-state index in [0.29, 0.717) is 57.2 Å². The van der Waals surface area contributed by atoms with E-state index in [0.717, 1.165) is 12.0 Å². The maximum absolute atomic E-state index is 15.5. The quantitative estimate of drug-likeness (QED) is 0.257. The van der Waals surface area contributed by atoms with Gasteiger partial charge in [0.2, 0.25) is 5.78 Å². The average molecular weight is 538 g/mol. The number of methoxy groups -OCH3 is 2. The zero-order valence-corrected chi connectivity index (χ0v) is 22.5. The van der Waals surface area contributed by atoms with Crippen molar-refractivity contribution in [1.82, 2.24) is 19.2 Å². The van der Waals surface area contributed by atoms with Crippen LogP contribution in [-0.2, 0) is 19.4 Å². The van der Waals surface area contributed by atoms with Gasteiger partial charge in [0.25, 0.3) is 5.56 Å². The van der Waals surface area contributed by atoms with Gasteiger partial charge in [0, 0.05) is 23.6 Å². The molecule has 0 fully saturated rings. The predicted molar refractivity (Wildman–Crippen MR) is 149 cm³/mol. The number of aryl methyl sites for hydroxylation is 1. The summed E-state index contributed by atoms with van der Waals surface area (Å²) in [6.45, 7) is 2.20. The summed E-state index contributed by atoms with van der Waals surface area (Å²) in [5, 5.41) is 13.9. The van der Waals surface area contributed by atoms with Crippen LogP contribution in [0.4, 0.5) is 4.39 Å². The molecule has 202 valence electrons. The van der Waals surface area contributed by atoms with Gasteiger partial charge in [-0.25, -0.2) is 8.91 Å². The first-order valence-electron chi connectivity index (χ1n) is 12.9. The third kappa shape index (κ3) is 4.92. The van der Waals surface area contributed by atoms with Crippen LogP contribution in [0.15, 0.2) is 71.8 Å². The Morgan fingerprint density at radius 3 is 2.55 bits per heavy atom. The first-order valence-corrected chi connectivity index (χ1v) is 12.9. The van der Waals surface area contributed by atoms with Crippen molar-refractivity contribution in [2.45, 2.75) is 32.7 Å². The Morgan fingerprint density at radius 1 is 1.02 bits per heavy atom. The van der Waals surface area contributed by atoms with Crippen molar-refractivity contribution in [3.05, 3.63) is 111 Å². The minimum atomic E-state index is -0.450. The van der Waals surface area contributed by atoms with E-state index < -0.39 is 5.82 Å². The number of hydrogen-bond donors (Lipinski definition) is 0. The molecule has 0 saturated carbocycles. The number of fused-ring (bicyclic) bond motifs is 1. The summed E-state index contributed by atoms with van der Waals surface area (Å²) < 4.78 is 29.6. The highest BCUT2D eigenvalue weighted by Crippen LogP contribution is 2.28. The molecule has 3 aromatic carbocycles. The summed E-state index contributed by atoms with van der Waals surface area (Å²) in [4.78, 5) is 18.4. The van der Waals surface area contributed by atoms with Crippen molar-refractivity contribution in [3.63, 3.8) is 0 Å². The molecular formula is C31H28FN5O3. The molecule has 8 nitrogen and oxygen atoms in total. The number of rotatable bonds is 9. The topological polar surface area (TPSA) is 94.4 Å². The SMILES string of the molecule is CCCc1c(Cc2ccc(-c3ccccc3C#N)cc2F)c(=O)n(Cc2ccc(OC)cc2OC)c2ncnn12. The lowest BCUT2D eigenvalue weighted by Gasteiger charge is -2.17. The molecule has 0 saturated heterocycles. The highest BCUT2D eigenvalue weighted by Gasteiger charge is 2.21. The lowest BCUT2D eigenvalue weighted by Crippen LogP contribution is -2.30. The van der Waals surface area contributed by atoms with Crippen LogP contribution in [0, 0.1) is 17.1 Å². The van der Waals surface area contributed by atoms with E-state index >= 15 is 4.39 Å². The van der Waals surface area contributed by atoms with E-state index in [-0.39, 0.29) is 18.5 Å². The van der Waals surface area contributed by atoms with Gasteiger partial charge in [-0.15, -0.1) is 0 Å². The average Bonchev–Trinajstić information content (AvgIpc) is 3.47. The molecule has 0 aliphatic rings. The van der Waals surface area contributed by atoms with Crippen molar-refractivity contribution in [2.75, 3.05) is 14.2 Å². The smallest absolute Gasteiger partial charge is 0.259 e. The fourth-order valence-electron chi connectivity index (χ4n) is 4.96. The molecular weight excluding hydrogens is 509 g/mol. The van der Waals surface area contributed by atoms with Crippen LogP contribution in [0.2, 0.25) is 0 Å². The summed E-state index contributed by atoms with van der Waals surface area (Å²) in [6, 6.07) is 19.5. The molecule has 0 radical (unpaired) electrons. The van der Waals surface area contributed by atoms with E-state index in [2.05, 4.69) is 16.2 Å². The van der Waals surface area contributed by atoms with Crippen molar-refractivity contribution in [3.8, 4) is 28.7 Å². The van der Waals surface area contributed by atoms with Gasteiger partial charge >= 0.3 is 0 Å². The molecule has 0 amide bonds. The minimum Gasteiger partial charge on any atom is -0.497 e. The van der Waals surface area contributed by atoms with Gasteiger partial charge in [0.1, 0.15) is 23.6 Å². The van der Waals surface area contributed by atoms with Crippen molar-refractivity contribution in [2.24, 2.45) is 0 Å². The number of benzene rings is 3. The molecule has 0 N–H and O–H groups in total. The molecule has 0 bridgehead atoms. The zero-order chi connectivity index (χ0) is 28.2. The number of nitrogens with zero attached hydrogens (tertiary/aromatic N) is 5. The van der Waals surface area contributed by atoms with E-state index in [1.165, 1.54) is 12.4 Å². The molecule has 0 atom stereocenters. The maximum atomic E-state index is 15.5. The Bertz CT molecular complexity index is 1800. The molecule has 40 heavy (non-hydrogen) atoms. The molecule has 0 spiro atoms. The summed E-state index contributed by atoms with van der Waals surface area (Å²) in [6.07, 6.45) is 2.84. The summed E-state index contributed by atoms with van der Waals surface area (Å²) >= 11 is 0. The second-order valence-corrected chi connectivity index (χ2v) is 9.36. The minimum absolute atomic E-state index is 0.0791. The number of aromatic nitrogens is 4. The molecule has 5 rings (SSSR count).